The van der Waals surface area contributed by atoms with Crippen LogP contribution in [0.2, 0.25) is 5.02 Å². The van der Waals surface area contributed by atoms with Crippen molar-refractivity contribution < 1.29 is 4.79 Å². The van der Waals surface area contributed by atoms with Crippen LogP contribution in [0.5, 0.6) is 0 Å². The third-order valence-electron chi connectivity index (χ3n) is 3.51. The number of halogens is 1. The van der Waals surface area contributed by atoms with Crippen LogP contribution >= 0.6 is 22.9 Å². The molecule has 0 spiro atoms. The Labute approximate surface area is 148 Å². The molecule has 2 heterocycles. The third-order valence-corrected chi connectivity index (χ3v) is 4.64. The zero-order chi connectivity index (χ0) is 17.1. The van der Waals surface area contributed by atoms with Gasteiger partial charge in [0.05, 0.1) is 6.20 Å². The van der Waals surface area contributed by atoms with Crippen LogP contribution in [0.3, 0.4) is 0 Å². The van der Waals surface area contributed by atoms with Crippen LogP contribution in [0.25, 0.3) is 10.3 Å². The summed E-state index contributed by atoms with van der Waals surface area (Å²) in [5.41, 5.74) is 1.19. The summed E-state index contributed by atoms with van der Waals surface area (Å²) in [6.45, 7) is 5.78. The van der Waals surface area contributed by atoms with Gasteiger partial charge in [0.15, 0.2) is 9.96 Å². The zero-order valence-electron chi connectivity index (χ0n) is 13.3. The van der Waals surface area contributed by atoms with Crippen LogP contribution < -0.4 is 10.2 Å². The van der Waals surface area contributed by atoms with Crippen molar-refractivity contribution in [2.75, 3.05) is 23.3 Å². The normalized spacial score (nSPS) is 10.8. The van der Waals surface area contributed by atoms with E-state index in [1.807, 2.05) is 0 Å². The molecule has 2 aromatic heterocycles. The van der Waals surface area contributed by atoms with Crippen molar-refractivity contribution in [3.63, 3.8) is 0 Å². The third kappa shape index (κ3) is 3.47. The summed E-state index contributed by atoms with van der Waals surface area (Å²) < 4.78 is 0. The van der Waals surface area contributed by atoms with Crippen molar-refractivity contribution >= 4 is 50.3 Å². The van der Waals surface area contributed by atoms with Crippen LogP contribution in [0.15, 0.2) is 30.5 Å². The quantitative estimate of drug-likeness (QED) is 0.747. The number of aromatic nitrogens is 3. The molecule has 3 rings (SSSR count). The van der Waals surface area contributed by atoms with E-state index in [1.165, 1.54) is 11.3 Å². The predicted molar refractivity (Wildman–Crippen MR) is 98.2 cm³/mol. The molecule has 24 heavy (non-hydrogen) atoms. The molecule has 0 fully saturated rings. The summed E-state index contributed by atoms with van der Waals surface area (Å²) in [7, 11) is 0. The first-order chi connectivity index (χ1) is 11.6. The molecule has 0 atom stereocenters. The van der Waals surface area contributed by atoms with Crippen LogP contribution in [-0.4, -0.2) is 33.9 Å². The van der Waals surface area contributed by atoms with Gasteiger partial charge < -0.3 is 4.90 Å². The van der Waals surface area contributed by atoms with Gasteiger partial charge in [0.2, 0.25) is 5.95 Å². The minimum atomic E-state index is -0.234. The Hall–Kier alpha value is -2.25. The first kappa shape index (κ1) is 16.6. The highest BCUT2D eigenvalue weighted by molar-refractivity contribution is 7.22. The Morgan fingerprint density at radius 1 is 1.21 bits per heavy atom. The molecular formula is C16H16ClN5OS. The van der Waals surface area contributed by atoms with Gasteiger partial charge in [-0.2, -0.15) is 4.98 Å². The lowest BCUT2D eigenvalue weighted by molar-refractivity contribution is 0.102. The standard InChI is InChI=1S/C16H16ClN5OS/c1-3-22(4-2)15-18-9-12-14(21-15)24-16(19-12)20-13(23)10-5-7-11(17)8-6-10/h5-9H,3-4H2,1-2H3,(H,19,20,23). The largest absolute Gasteiger partial charge is 0.341 e. The van der Waals surface area contributed by atoms with Gasteiger partial charge in [0.1, 0.15) is 5.52 Å². The van der Waals surface area contributed by atoms with E-state index in [2.05, 4.69) is 39.0 Å². The maximum atomic E-state index is 12.2. The highest BCUT2D eigenvalue weighted by Gasteiger charge is 2.13. The number of benzene rings is 1. The van der Waals surface area contributed by atoms with E-state index in [1.54, 1.807) is 30.5 Å². The SMILES string of the molecule is CCN(CC)c1ncc2nc(NC(=O)c3ccc(Cl)cc3)sc2n1. The van der Waals surface area contributed by atoms with Crippen LogP contribution in [0.1, 0.15) is 24.2 Å². The Balaban J connectivity index is 1.82. The summed E-state index contributed by atoms with van der Waals surface area (Å²) >= 11 is 7.16. The first-order valence-electron chi connectivity index (χ1n) is 7.56. The maximum Gasteiger partial charge on any atom is 0.257 e. The molecule has 1 N–H and O–H groups in total. The monoisotopic (exact) mass is 361 g/mol. The van der Waals surface area contributed by atoms with Crippen molar-refractivity contribution in [1.82, 2.24) is 15.0 Å². The molecular weight excluding hydrogens is 346 g/mol. The predicted octanol–water partition coefficient (Wildman–Crippen LogP) is 3.84. The molecule has 124 valence electrons. The molecule has 8 heteroatoms. The van der Waals surface area contributed by atoms with Crippen LogP contribution in [0.4, 0.5) is 11.1 Å². The average molecular weight is 362 g/mol. The van der Waals surface area contributed by atoms with Crippen LogP contribution in [0, 0.1) is 0 Å². The van der Waals surface area contributed by atoms with Gasteiger partial charge in [-0.05, 0) is 38.1 Å². The minimum absolute atomic E-state index is 0.234. The van der Waals surface area contributed by atoms with Crippen molar-refractivity contribution in [1.29, 1.82) is 0 Å². The molecule has 1 aromatic carbocycles. The Bertz CT molecular complexity index is 861. The number of fused-ring (bicyclic) bond motifs is 1. The highest BCUT2D eigenvalue weighted by Crippen LogP contribution is 2.25. The molecule has 0 radical (unpaired) electrons. The van der Waals surface area contributed by atoms with Crippen molar-refractivity contribution in [2.45, 2.75) is 13.8 Å². The number of nitrogens with one attached hydrogen (secondary N) is 1. The van der Waals surface area contributed by atoms with E-state index >= 15 is 0 Å². The fraction of sp³-hybridized carbons (Fsp3) is 0.250. The van der Waals surface area contributed by atoms with E-state index in [-0.39, 0.29) is 5.91 Å². The maximum absolute atomic E-state index is 12.2. The molecule has 1 amide bonds. The van der Waals surface area contributed by atoms with Gasteiger partial charge in [-0.15, -0.1) is 0 Å². The van der Waals surface area contributed by atoms with Crippen molar-refractivity contribution in [3.8, 4) is 0 Å². The number of amides is 1. The second kappa shape index (κ2) is 7.11. The lowest BCUT2D eigenvalue weighted by atomic mass is 10.2. The number of nitrogens with zero attached hydrogens (tertiary/aromatic N) is 4. The summed E-state index contributed by atoms with van der Waals surface area (Å²) in [5.74, 6) is 0.439. The number of carbonyl (C=O) groups excluding carboxylic acids is 1. The van der Waals surface area contributed by atoms with E-state index in [0.717, 1.165) is 17.9 Å². The molecule has 0 saturated carbocycles. The number of hydrogen-bond donors (Lipinski definition) is 1. The lowest BCUT2D eigenvalue weighted by Gasteiger charge is -2.17. The number of anilines is 2. The molecule has 0 unspecified atom stereocenters. The summed E-state index contributed by atoms with van der Waals surface area (Å²) in [4.78, 5) is 28.3. The summed E-state index contributed by atoms with van der Waals surface area (Å²) in [6, 6.07) is 6.69. The van der Waals surface area contributed by atoms with E-state index in [4.69, 9.17) is 11.6 Å². The summed E-state index contributed by atoms with van der Waals surface area (Å²) in [6.07, 6.45) is 1.68. The van der Waals surface area contributed by atoms with E-state index in [0.29, 0.717) is 27.2 Å². The second-order valence-corrected chi connectivity index (χ2v) is 6.43. The smallest absolute Gasteiger partial charge is 0.257 e. The minimum Gasteiger partial charge on any atom is -0.341 e. The Kier molecular flexibility index (Phi) is 4.92. The van der Waals surface area contributed by atoms with Crippen molar-refractivity contribution in [2.24, 2.45) is 0 Å². The Morgan fingerprint density at radius 3 is 2.58 bits per heavy atom. The molecule has 0 aliphatic heterocycles. The first-order valence-corrected chi connectivity index (χ1v) is 8.75. The van der Waals surface area contributed by atoms with Gasteiger partial charge >= 0.3 is 0 Å². The molecule has 0 bridgehead atoms. The van der Waals surface area contributed by atoms with E-state index in [9.17, 15) is 4.79 Å². The van der Waals surface area contributed by atoms with Gasteiger partial charge in [0.25, 0.3) is 5.91 Å². The number of thiazole rings is 1. The lowest BCUT2D eigenvalue weighted by Crippen LogP contribution is -2.23. The number of rotatable bonds is 5. The number of hydrogen-bond acceptors (Lipinski definition) is 6. The number of carbonyl (C=O) groups is 1. The zero-order valence-corrected chi connectivity index (χ0v) is 14.9. The van der Waals surface area contributed by atoms with Crippen molar-refractivity contribution in [3.05, 3.63) is 41.0 Å². The fourth-order valence-corrected chi connectivity index (χ4v) is 3.14. The topological polar surface area (TPSA) is 71.0 Å². The van der Waals surface area contributed by atoms with Gasteiger partial charge in [0, 0.05) is 23.7 Å². The summed E-state index contributed by atoms with van der Waals surface area (Å²) in [5, 5.41) is 3.87. The molecule has 0 aliphatic carbocycles. The Morgan fingerprint density at radius 2 is 1.92 bits per heavy atom. The van der Waals surface area contributed by atoms with Gasteiger partial charge in [-0.3, -0.25) is 10.1 Å². The highest BCUT2D eigenvalue weighted by atomic mass is 35.5. The van der Waals surface area contributed by atoms with Gasteiger partial charge in [-0.25, -0.2) is 9.97 Å². The average Bonchev–Trinajstić information content (AvgIpc) is 2.98. The second-order valence-electron chi connectivity index (χ2n) is 5.01. The molecule has 0 saturated heterocycles. The fourth-order valence-electron chi connectivity index (χ4n) is 2.21. The molecule has 6 nitrogen and oxygen atoms in total. The molecule has 0 aliphatic rings. The van der Waals surface area contributed by atoms with E-state index < -0.39 is 0 Å². The van der Waals surface area contributed by atoms with Gasteiger partial charge in [-0.1, -0.05) is 22.9 Å². The van der Waals surface area contributed by atoms with Crippen LogP contribution in [-0.2, 0) is 0 Å². The molecule has 3 aromatic rings.